The number of amides is 2. The predicted octanol–water partition coefficient (Wildman–Crippen LogP) is 2.69. The van der Waals surface area contributed by atoms with Gasteiger partial charge in [-0.15, -0.1) is 0 Å². The van der Waals surface area contributed by atoms with Crippen molar-refractivity contribution in [3.8, 4) is 11.5 Å². The van der Waals surface area contributed by atoms with E-state index in [1.165, 1.54) is 12.8 Å². The number of anilines is 1. The lowest BCUT2D eigenvalue weighted by molar-refractivity contribution is -0.129. The number of nitrogens with zero attached hydrogens (tertiary/aromatic N) is 1. The molecule has 1 saturated heterocycles. The highest BCUT2D eigenvalue weighted by molar-refractivity contribution is 5.85. The highest BCUT2D eigenvalue weighted by Crippen LogP contribution is 2.65. The van der Waals surface area contributed by atoms with Crippen LogP contribution in [-0.4, -0.2) is 53.6 Å². The van der Waals surface area contributed by atoms with Gasteiger partial charge < -0.3 is 20.5 Å². The first-order chi connectivity index (χ1) is 15.9. The first-order valence-corrected chi connectivity index (χ1v) is 12.8. The lowest BCUT2D eigenvalue weighted by atomic mass is 9.51. The zero-order valence-electron chi connectivity index (χ0n) is 19.2. The summed E-state index contributed by atoms with van der Waals surface area (Å²) in [4.78, 5) is 27.1. The van der Waals surface area contributed by atoms with E-state index < -0.39 is 0 Å². The summed E-state index contributed by atoms with van der Waals surface area (Å²) in [6.07, 6.45) is 8.85. The summed E-state index contributed by atoms with van der Waals surface area (Å²) < 4.78 is 6.73. The first kappa shape index (κ1) is 20.1. The highest BCUT2D eigenvalue weighted by atomic mass is 16.5. The molecule has 6 aliphatic rings. The molecule has 176 valence electrons. The van der Waals surface area contributed by atoms with Crippen molar-refractivity contribution in [1.29, 1.82) is 0 Å². The van der Waals surface area contributed by atoms with Gasteiger partial charge in [0.15, 0.2) is 0 Å². The Labute approximate surface area is 194 Å². The number of phenolic OH excluding ortho intramolecular Hbond substituents is 1. The molecule has 1 aromatic carbocycles. The fourth-order valence-electron chi connectivity index (χ4n) is 7.64. The summed E-state index contributed by atoms with van der Waals surface area (Å²) >= 11 is 0. The zero-order valence-corrected chi connectivity index (χ0v) is 19.2. The van der Waals surface area contributed by atoms with Crippen molar-refractivity contribution in [2.45, 2.75) is 81.9 Å². The van der Waals surface area contributed by atoms with E-state index in [4.69, 9.17) is 4.74 Å². The summed E-state index contributed by atoms with van der Waals surface area (Å²) in [5.74, 6) is 2.40. The molecular weight excluding hydrogens is 418 g/mol. The summed E-state index contributed by atoms with van der Waals surface area (Å²) in [6.45, 7) is 4.24. The van der Waals surface area contributed by atoms with E-state index >= 15 is 0 Å². The summed E-state index contributed by atoms with van der Waals surface area (Å²) in [5.41, 5.74) is 2.21. The van der Waals surface area contributed by atoms with Crippen molar-refractivity contribution in [2.75, 3.05) is 18.4 Å². The van der Waals surface area contributed by atoms with E-state index in [0.29, 0.717) is 24.1 Å². The van der Waals surface area contributed by atoms with Crippen LogP contribution in [0.15, 0.2) is 6.07 Å². The molecule has 0 radical (unpaired) electrons. The molecule has 2 bridgehead atoms. The minimum atomic E-state index is -0.226. The first-order valence-electron chi connectivity index (χ1n) is 12.8. The zero-order chi connectivity index (χ0) is 22.5. The lowest BCUT2D eigenvalue weighted by Gasteiger charge is -2.59. The minimum absolute atomic E-state index is 0.0496. The van der Waals surface area contributed by atoms with Crippen LogP contribution in [0.1, 0.15) is 63.0 Å². The molecule has 3 saturated carbocycles. The quantitative estimate of drug-likeness (QED) is 0.579. The van der Waals surface area contributed by atoms with E-state index in [9.17, 15) is 14.7 Å². The molecule has 7 heteroatoms. The number of benzene rings is 1. The molecule has 0 unspecified atom stereocenters. The van der Waals surface area contributed by atoms with Gasteiger partial charge in [-0.3, -0.25) is 14.5 Å². The van der Waals surface area contributed by atoms with E-state index in [1.807, 2.05) is 6.92 Å². The maximum Gasteiger partial charge on any atom is 0.226 e. The topological polar surface area (TPSA) is 90.9 Å². The van der Waals surface area contributed by atoms with Crippen molar-refractivity contribution in [3.63, 3.8) is 0 Å². The van der Waals surface area contributed by atoms with Crippen molar-refractivity contribution < 1.29 is 19.4 Å². The lowest BCUT2D eigenvalue weighted by Crippen LogP contribution is -2.69. The molecular formula is C26H33N3O4. The van der Waals surface area contributed by atoms with Crippen LogP contribution in [0.2, 0.25) is 0 Å². The van der Waals surface area contributed by atoms with Gasteiger partial charge in [-0.05, 0) is 69.7 Å². The molecule has 1 aromatic rings. The Morgan fingerprint density at radius 3 is 2.82 bits per heavy atom. The summed E-state index contributed by atoms with van der Waals surface area (Å²) in [6, 6.07) is 2.00. The Kier molecular flexibility index (Phi) is 4.05. The average Bonchev–Trinajstić information content (AvgIpc) is 3.71. The van der Waals surface area contributed by atoms with Crippen molar-refractivity contribution in [2.24, 2.45) is 17.3 Å². The molecule has 1 spiro atoms. The number of rotatable bonds is 6. The smallest absolute Gasteiger partial charge is 0.226 e. The van der Waals surface area contributed by atoms with E-state index in [-0.39, 0.29) is 34.6 Å². The fourth-order valence-corrected chi connectivity index (χ4v) is 7.64. The Morgan fingerprint density at radius 1 is 1.27 bits per heavy atom. The predicted molar refractivity (Wildman–Crippen MR) is 122 cm³/mol. The molecule has 7 rings (SSSR count). The largest absolute Gasteiger partial charge is 0.508 e. The number of carbonyl (C=O) groups is 2. The number of aromatic hydroxyl groups is 1. The van der Waals surface area contributed by atoms with Gasteiger partial charge >= 0.3 is 0 Å². The minimum Gasteiger partial charge on any atom is -0.508 e. The van der Waals surface area contributed by atoms with Crippen LogP contribution in [0.4, 0.5) is 5.69 Å². The monoisotopic (exact) mass is 451 g/mol. The number of carbonyl (C=O) groups excluding carboxylic acids is 2. The number of nitrogens with one attached hydrogen (secondary N) is 2. The maximum absolute atomic E-state index is 13.0. The molecule has 2 aliphatic heterocycles. The Balaban J connectivity index is 1.33. The number of piperidine rings is 1. The standard InChI is InChI=1S/C26H33N3O4/c1-25(6-7-25)24(32)28-17-5-4-16-19-10-15-20(31)11-18(27-13-30)22-21(15)26(16,23(17)33-22)8-9-29(19)12-14-2-3-14/h11,13-14,16-17,19,23,31H,2-10,12H2,1H3,(H,27,30)(H,28,32)/t16-,17+,19+,23-,26-/m0/s1. The van der Waals surface area contributed by atoms with Crippen LogP contribution < -0.4 is 15.4 Å². The molecule has 0 aromatic heterocycles. The molecule has 33 heavy (non-hydrogen) atoms. The molecule has 2 heterocycles. The van der Waals surface area contributed by atoms with Gasteiger partial charge in [0.05, 0.1) is 11.7 Å². The molecule has 4 fully saturated rings. The number of hydrogen-bond donors (Lipinski definition) is 3. The van der Waals surface area contributed by atoms with Gasteiger partial charge in [0.1, 0.15) is 17.6 Å². The molecule has 4 aliphatic carbocycles. The second-order valence-electron chi connectivity index (χ2n) is 11.8. The third-order valence-electron chi connectivity index (χ3n) is 9.83. The second-order valence-corrected chi connectivity index (χ2v) is 11.8. The van der Waals surface area contributed by atoms with Crippen LogP contribution in [-0.2, 0) is 21.4 Å². The average molecular weight is 452 g/mol. The van der Waals surface area contributed by atoms with Gasteiger partial charge in [-0.25, -0.2) is 0 Å². The number of ether oxygens (including phenoxy) is 1. The van der Waals surface area contributed by atoms with Gasteiger partial charge in [-0.2, -0.15) is 0 Å². The van der Waals surface area contributed by atoms with E-state index in [1.54, 1.807) is 6.07 Å². The van der Waals surface area contributed by atoms with Crippen LogP contribution in [0.5, 0.6) is 11.5 Å². The van der Waals surface area contributed by atoms with Gasteiger partial charge in [0, 0.05) is 40.6 Å². The van der Waals surface area contributed by atoms with Gasteiger partial charge in [-0.1, -0.05) is 6.92 Å². The molecule has 7 nitrogen and oxygen atoms in total. The van der Waals surface area contributed by atoms with Crippen LogP contribution >= 0.6 is 0 Å². The van der Waals surface area contributed by atoms with Crippen LogP contribution in [0.25, 0.3) is 0 Å². The Morgan fingerprint density at radius 2 is 2.09 bits per heavy atom. The van der Waals surface area contributed by atoms with Crippen molar-refractivity contribution in [3.05, 3.63) is 17.2 Å². The fraction of sp³-hybridized carbons (Fsp3) is 0.692. The van der Waals surface area contributed by atoms with Crippen molar-refractivity contribution in [1.82, 2.24) is 10.2 Å². The number of likely N-dealkylation sites (tertiary alicyclic amines) is 1. The second kappa shape index (κ2) is 6.65. The van der Waals surface area contributed by atoms with Gasteiger partial charge in [0.2, 0.25) is 12.3 Å². The third-order valence-corrected chi connectivity index (χ3v) is 9.83. The Bertz CT molecular complexity index is 1050. The van der Waals surface area contributed by atoms with Crippen LogP contribution in [0.3, 0.4) is 0 Å². The maximum atomic E-state index is 13.0. The van der Waals surface area contributed by atoms with Gasteiger partial charge in [0.25, 0.3) is 0 Å². The van der Waals surface area contributed by atoms with E-state index in [2.05, 4.69) is 15.5 Å². The number of hydrogen-bond acceptors (Lipinski definition) is 5. The third kappa shape index (κ3) is 2.71. The van der Waals surface area contributed by atoms with Crippen molar-refractivity contribution >= 4 is 18.0 Å². The highest BCUT2D eigenvalue weighted by Gasteiger charge is 2.66. The SMILES string of the molecule is CC1(C(=O)N[C@@H]2CC[C@H]3[C@H]4Cc5c(O)cc(NC=O)c6c5[C@@]3(CCN4CC3CC3)[C@H]2O6)CC1. The number of phenols is 1. The molecule has 2 amide bonds. The normalized spacial score (nSPS) is 37.0. The molecule has 5 atom stereocenters. The van der Waals surface area contributed by atoms with E-state index in [0.717, 1.165) is 74.4 Å². The summed E-state index contributed by atoms with van der Waals surface area (Å²) in [5, 5.41) is 17.2. The molecule has 3 N–H and O–H groups in total. The Hall–Kier alpha value is -2.28. The summed E-state index contributed by atoms with van der Waals surface area (Å²) in [7, 11) is 0. The van der Waals surface area contributed by atoms with Crippen LogP contribution in [0, 0.1) is 17.3 Å².